The zero-order valence-corrected chi connectivity index (χ0v) is 11.7. The van der Waals surface area contributed by atoms with Gasteiger partial charge in [0.1, 0.15) is 18.1 Å². The molecule has 0 saturated carbocycles. The molecule has 1 aliphatic rings. The van der Waals surface area contributed by atoms with Crippen molar-refractivity contribution in [3.05, 3.63) is 66.1 Å². The summed E-state index contributed by atoms with van der Waals surface area (Å²) in [5.74, 6) is 1.25. The summed E-state index contributed by atoms with van der Waals surface area (Å²) >= 11 is 0. The average Bonchev–Trinajstić information content (AvgIpc) is 2.98. The lowest BCUT2D eigenvalue weighted by molar-refractivity contribution is -0.876. The molecule has 0 N–H and O–H groups in total. The van der Waals surface area contributed by atoms with Crippen LogP contribution in [0.1, 0.15) is 11.1 Å². The second-order valence-corrected chi connectivity index (χ2v) is 5.40. The summed E-state index contributed by atoms with van der Waals surface area (Å²) in [7, 11) is 0. The molecule has 2 aromatic heterocycles. The maximum Gasteiger partial charge on any atom is 0.365 e. The van der Waals surface area contributed by atoms with Gasteiger partial charge in [0.05, 0.1) is 0 Å². The lowest BCUT2D eigenvalue weighted by atomic mass is 10.1. The molecule has 0 bridgehead atoms. The lowest BCUT2D eigenvalue weighted by Crippen LogP contribution is -2.44. The van der Waals surface area contributed by atoms with E-state index < -0.39 is 0 Å². The number of hydrogen-bond acceptors (Lipinski definition) is 0. The molecular weight excluding hydrogens is 246 g/mol. The van der Waals surface area contributed by atoms with Gasteiger partial charge >= 0.3 is 5.82 Å². The molecule has 98 valence electrons. The molecule has 1 aromatic carbocycles. The molecule has 3 heterocycles. The number of nitrogens with zero attached hydrogens (tertiary/aromatic N) is 3. The van der Waals surface area contributed by atoms with Gasteiger partial charge < -0.3 is 0 Å². The molecule has 0 atom stereocenters. The van der Waals surface area contributed by atoms with E-state index in [1.165, 1.54) is 28.3 Å². The Morgan fingerprint density at radius 2 is 1.70 bits per heavy atom. The predicted octanol–water partition coefficient (Wildman–Crippen LogP) is 2.16. The molecule has 0 saturated heterocycles. The van der Waals surface area contributed by atoms with Gasteiger partial charge in [0.2, 0.25) is 0 Å². The summed E-state index contributed by atoms with van der Waals surface area (Å²) in [5, 5.41) is 0. The van der Waals surface area contributed by atoms with Crippen LogP contribution in [0, 0.1) is 13.8 Å². The van der Waals surface area contributed by atoms with Crippen molar-refractivity contribution in [2.24, 2.45) is 0 Å². The third-order valence-electron chi connectivity index (χ3n) is 4.05. The molecular formula is C17H17N3+2. The molecule has 0 fully saturated rings. The summed E-state index contributed by atoms with van der Waals surface area (Å²) in [6, 6.07) is 12.8. The third kappa shape index (κ3) is 1.46. The Kier molecular flexibility index (Phi) is 2.30. The van der Waals surface area contributed by atoms with E-state index in [1.807, 2.05) is 0 Å². The Hall–Kier alpha value is -2.42. The fourth-order valence-corrected chi connectivity index (χ4v) is 3.14. The highest BCUT2D eigenvalue weighted by molar-refractivity contribution is 5.54. The zero-order valence-electron chi connectivity index (χ0n) is 11.7. The van der Waals surface area contributed by atoms with Gasteiger partial charge in [-0.25, -0.2) is 0 Å². The quantitative estimate of drug-likeness (QED) is 0.467. The largest absolute Gasteiger partial charge is 0.365 e. The fraction of sp³-hybridized carbons (Fsp3) is 0.176. The number of imidazole rings is 1. The Morgan fingerprint density at radius 3 is 2.50 bits per heavy atom. The highest BCUT2D eigenvalue weighted by Crippen LogP contribution is 2.24. The van der Waals surface area contributed by atoms with Crippen molar-refractivity contribution in [3.63, 3.8) is 0 Å². The minimum Gasteiger partial charge on any atom is -0.190 e. The SMILES string of the molecule is Cc1cccc(C)c1-n1cc[n+]2c1-c1cccc[n+]1C2. The van der Waals surface area contributed by atoms with Crippen molar-refractivity contribution in [1.82, 2.24) is 4.57 Å². The number of aromatic nitrogens is 3. The van der Waals surface area contributed by atoms with Crippen LogP contribution in [0.15, 0.2) is 55.0 Å². The third-order valence-corrected chi connectivity index (χ3v) is 4.05. The van der Waals surface area contributed by atoms with Gasteiger partial charge in [0, 0.05) is 12.1 Å². The van der Waals surface area contributed by atoms with E-state index >= 15 is 0 Å². The van der Waals surface area contributed by atoms with Crippen LogP contribution >= 0.6 is 0 Å². The highest BCUT2D eigenvalue weighted by atomic mass is 15.3. The number of pyridine rings is 1. The van der Waals surface area contributed by atoms with E-state index in [0.29, 0.717) is 0 Å². The van der Waals surface area contributed by atoms with Gasteiger partial charge in [0.25, 0.3) is 12.4 Å². The second-order valence-electron chi connectivity index (χ2n) is 5.40. The van der Waals surface area contributed by atoms with Crippen molar-refractivity contribution < 1.29 is 9.13 Å². The van der Waals surface area contributed by atoms with Crippen molar-refractivity contribution >= 4 is 0 Å². The molecule has 0 unspecified atom stereocenters. The molecule has 0 aliphatic carbocycles. The molecule has 0 amide bonds. The monoisotopic (exact) mass is 263 g/mol. The van der Waals surface area contributed by atoms with Crippen LogP contribution in [0.25, 0.3) is 17.2 Å². The normalized spacial score (nSPS) is 12.3. The number of benzene rings is 1. The van der Waals surface area contributed by atoms with Crippen molar-refractivity contribution in [2.75, 3.05) is 0 Å². The van der Waals surface area contributed by atoms with Crippen LogP contribution in [0.3, 0.4) is 0 Å². The van der Waals surface area contributed by atoms with Gasteiger partial charge in [-0.1, -0.05) is 18.2 Å². The van der Waals surface area contributed by atoms with Gasteiger partial charge in [0.15, 0.2) is 6.20 Å². The standard InChI is InChI=1S/C17H17N3/c1-13-6-5-7-14(2)16(13)20-11-10-19-12-18-9-4-3-8-15(18)17(19)20/h3-11H,12H2,1-2H3/q+2. The Morgan fingerprint density at radius 1 is 0.900 bits per heavy atom. The van der Waals surface area contributed by atoms with E-state index in [2.05, 4.69) is 82.5 Å². The fourth-order valence-electron chi connectivity index (χ4n) is 3.14. The first-order valence-corrected chi connectivity index (χ1v) is 6.92. The topological polar surface area (TPSA) is 12.7 Å². The number of para-hydroxylation sites is 1. The Balaban J connectivity index is 2.01. The minimum absolute atomic E-state index is 0.892. The minimum atomic E-state index is 0.892. The van der Waals surface area contributed by atoms with E-state index in [1.54, 1.807) is 0 Å². The van der Waals surface area contributed by atoms with Gasteiger partial charge in [-0.3, -0.25) is 0 Å². The van der Waals surface area contributed by atoms with Crippen LogP contribution in [0.5, 0.6) is 0 Å². The average molecular weight is 263 g/mol. The van der Waals surface area contributed by atoms with Crippen LogP contribution in [0.4, 0.5) is 0 Å². The van der Waals surface area contributed by atoms with Gasteiger partial charge in [-0.15, -0.1) is 0 Å². The van der Waals surface area contributed by atoms with E-state index in [9.17, 15) is 0 Å². The summed E-state index contributed by atoms with van der Waals surface area (Å²) < 4.78 is 6.88. The Labute approximate surface area is 118 Å². The lowest BCUT2D eigenvalue weighted by Gasteiger charge is -2.05. The van der Waals surface area contributed by atoms with Crippen LogP contribution in [0.2, 0.25) is 0 Å². The molecule has 3 aromatic rings. The smallest absolute Gasteiger partial charge is 0.190 e. The maximum atomic E-state index is 2.31. The maximum absolute atomic E-state index is 2.31. The van der Waals surface area contributed by atoms with Gasteiger partial charge in [-0.05, 0) is 31.0 Å². The number of rotatable bonds is 1. The zero-order chi connectivity index (χ0) is 13.7. The molecule has 1 aliphatic heterocycles. The van der Waals surface area contributed by atoms with Crippen molar-refractivity contribution in [3.8, 4) is 17.2 Å². The summed E-state index contributed by atoms with van der Waals surface area (Å²) in [6.45, 7) is 5.24. The first-order chi connectivity index (χ1) is 9.75. The first kappa shape index (κ1) is 11.4. The summed E-state index contributed by atoms with van der Waals surface area (Å²) in [5.41, 5.74) is 5.16. The first-order valence-electron chi connectivity index (χ1n) is 6.92. The second kappa shape index (κ2) is 4.04. The van der Waals surface area contributed by atoms with Crippen molar-refractivity contribution in [1.29, 1.82) is 0 Å². The molecule has 4 rings (SSSR count). The molecule has 20 heavy (non-hydrogen) atoms. The molecule has 3 heteroatoms. The molecule has 0 spiro atoms. The van der Waals surface area contributed by atoms with E-state index in [0.717, 1.165) is 6.67 Å². The van der Waals surface area contributed by atoms with Crippen LogP contribution < -0.4 is 9.13 Å². The van der Waals surface area contributed by atoms with E-state index in [4.69, 9.17) is 0 Å². The molecule has 0 radical (unpaired) electrons. The summed E-state index contributed by atoms with van der Waals surface area (Å²) in [4.78, 5) is 0. The van der Waals surface area contributed by atoms with Gasteiger partial charge in [-0.2, -0.15) is 13.7 Å². The van der Waals surface area contributed by atoms with Crippen LogP contribution in [-0.2, 0) is 6.67 Å². The number of aryl methyl sites for hydroxylation is 2. The Bertz CT molecular complexity index is 795. The molecule has 3 nitrogen and oxygen atoms in total. The summed E-state index contributed by atoms with van der Waals surface area (Å²) in [6.07, 6.45) is 6.47. The highest BCUT2D eigenvalue weighted by Gasteiger charge is 2.37. The van der Waals surface area contributed by atoms with E-state index in [-0.39, 0.29) is 0 Å². The van der Waals surface area contributed by atoms with Crippen molar-refractivity contribution in [2.45, 2.75) is 20.5 Å². The van der Waals surface area contributed by atoms with Crippen LogP contribution in [-0.4, -0.2) is 4.57 Å². The number of hydrogen-bond donors (Lipinski definition) is 0. The number of fused-ring (bicyclic) bond motifs is 3. The predicted molar refractivity (Wildman–Crippen MR) is 76.5 cm³/mol.